The van der Waals surface area contributed by atoms with Gasteiger partial charge in [-0.2, -0.15) is 0 Å². The molecule has 0 aliphatic carbocycles. The van der Waals surface area contributed by atoms with E-state index in [1.807, 2.05) is 12.1 Å². The van der Waals surface area contributed by atoms with E-state index in [0.29, 0.717) is 5.82 Å². The minimum absolute atomic E-state index is 0.561. The number of rotatable bonds is 4. The lowest BCUT2D eigenvalue weighted by atomic mass is 9.63. The van der Waals surface area contributed by atoms with Crippen molar-refractivity contribution >= 4 is 31.6 Å². The molecule has 0 amide bonds. The zero-order valence-electron chi connectivity index (χ0n) is 24.2. The Morgan fingerprint density at radius 1 is 0.511 bits per heavy atom. The average molecular weight is 595 g/mol. The number of hydrogen-bond donors (Lipinski definition) is 0. The molecule has 8 aromatic rings. The lowest BCUT2D eigenvalue weighted by Gasteiger charge is -2.41. The summed E-state index contributed by atoms with van der Waals surface area (Å²) < 4.78 is 9.05. The molecule has 4 heteroatoms. The van der Waals surface area contributed by atoms with Crippen molar-refractivity contribution in [3.05, 3.63) is 180 Å². The number of fused-ring (bicyclic) bond motifs is 5. The van der Waals surface area contributed by atoms with Gasteiger partial charge in [0.25, 0.3) is 0 Å². The molecule has 0 saturated heterocycles. The summed E-state index contributed by atoms with van der Waals surface area (Å²) in [6.45, 7) is 0. The number of nitrogens with zero attached hydrogens (tertiary/aromatic N) is 2. The quantitative estimate of drug-likeness (QED) is 0.203. The van der Waals surface area contributed by atoms with Crippen LogP contribution in [0.4, 0.5) is 0 Å². The first-order chi connectivity index (χ1) is 22.3. The van der Waals surface area contributed by atoms with Crippen molar-refractivity contribution in [2.75, 3.05) is 0 Å². The molecule has 0 bridgehead atoms. The Kier molecular flexibility index (Phi) is 5.90. The van der Waals surface area contributed by atoms with Crippen LogP contribution in [-0.2, 0) is 5.41 Å². The van der Waals surface area contributed by atoms with Crippen LogP contribution in [0, 0.1) is 0 Å². The van der Waals surface area contributed by atoms with Gasteiger partial charge in [-0.1, -0.05) is 140 Å². The van der Waals surface area contributed by atoms with E-state index in [1.54, 1.807) is 11.3 Å². The fourth-order valence-electron chi connectivity index (χ4n) is 6.86. The number of thiophene rings is 1. The van der Waals surface area contributed by atoms with Crippen molar-refractivity contribution in [3.63, 3.8) is 0 Å². The minimum Gasteiger partial charge on any atom is -0.457 e. The number of aromatic nitrogens is 2. The van der Waals surface area contributed by atoms with Crippen molar-refractivity contribution in [1.82, 2.24) is 9.97 Å². The summed E-state index contributed by atoms with van der Waals surface area (Å²) in [7, 11) is 0. The van der Waals surface area contributed by atoms with Crippen LogP contribution in [0.3, 0.4) is 0 Å². The van der Waals surface area contributed by atoms with Crippen LogP contribution in [0.15, 0.2) is 158 Å². The zero-order valence-corrected chi connectivity index (χ0v) is 25.0. The second-order valence-electron chi connectivity index (χ2n) is 11.3. The van der Waals surface area contributed by atoms with Gasteiger partial charge in [0.1, 0.15) is 11.5 Å². The monoisotopic (exact) mass is 594 g/mol. The summed E-state index contributed by atoms with van der Waals surface area (Å²) in [6, 6.07) is 55.3. The summed E-state index contributed by atoms with van der Waals surface area (Å²) >= 11 is 1.75. The Bertz CT molecular complexity index is 2310. The molecule has 1 aliphatic rings. The molecular formula is C41H26N2OS. The fraction of sp³-hybridized carbons (Fsp3) is 0.0244. The van der Waals surface area contributed by atoms with Gasteiger partial charge in [-0.3, -0.25) is 0 Å². The molecule has 0 saturated carbocycles. The van der Waals surface area contributed by atoms with Gasteiger partial charge in [0.15, 0.2) is 5.82 Å². The van der Waals surface area contributed by atoms with Crippen LogP contribution < -0.4 is 4.74 Å². The van der Waals surface area contributed by atoms with E-state index in [9.17, 15) is 0 Å². The van der Waals surface area contributed by atoms with Gasteiger partial charge in [-0.05, 0) is 29.3 Å². The predicted molar refractivity (Wildman–Crippen MR) is 184 cm³/mol. The van der Waals surface area contributed by atoms with Crippen molar-refractivity contribution in [1.29, 1.82) is 0 Å². The highest BCUT2D eigenvalue weighted by atomic mass is 32.1. The molecule has 212 valence electrons. The predicted octanol–water partition coefficient (Wildman–Crippen LogP) is 10.7. The first-order valence-corrected chi connectivity index (χ1v) is 15.9. The normalized spacial score (nSPS) is 13.2. The van der Waals surface area contributed by atoms with Crippen molar-refractivity contribution in [2.24, 2.45) is 0 Å². The molecule has 3 nitrogen and oxygen atoms in total. The molecule has 0 N–H and O–H groups in total. The van der Waals surface area contributed by atoms with Crippen LogP contribution in [0.25, 0.3) is 42.9 Å². The number of ether oxygens (including phenoxy) is 1. The van der Waals surface area contributed by atoms with Gasteiger partial charge in [-0.15, -0.1) is 11.3 Å². The Morgan fingerprint density at radius 3 is 1.89 bits per heavy atom. The van der Waals surface area contributed by atoms with E-state index in [4.69, 9.17) is 14.7 Å². The third-order valence-electron chi connectivity index (χ3n) is 8.84. The maximum Gasteiger partial charge on any atom is 0.160 e. The molecule has 45 heavy (non-hydrogen) atoms. The van der Waals surface area contributed by atoms with E-state index in [1.165, 1.54) is 15.8 Å². The van der Waals surface area contributed by atoms with Crippen LogP contribution in [0.2, 0.25) is 0 Å². The summed E-state index contributed by atoms with van der Waals surface area (Å²) in [6.07, 6.45) is 0. The Balaban J connectivity index is 1.31. The standard InChI is InChI=1S/C41H26N2OS/c1-4-14-27(15-5-1)37-39-38(31-20-10-13-23-36(31)45-39)43-40(42-37)28-24-25-33-35(26-28)44-34-22-12-11-21-32(34)41(33,29-16-6-2-7-17-29)30-18-8-3-9-19-30/h1-26H. The summed E-state index contributed by atoms with van der Waals surface area (Å²) in [5.41, 5.74) is 7.95. The number of hydrogen-bond acceptors (Lipinski definition) is 4. The molecule has 3 heterocycles. The highest BCUT2D eigenvalue weighted by Gasteiger charge is 2.45. The van der Waals surface area contributed by atoms with E-state index in [0.717, 1.165) is 55.0 Å². The molecule has 0 spiro atoms. The van der Waals surface area contributed by atoms with Crippen molar-refractivity contribution in [2.45, 2.75) is 5.41 Å². The van der Waals surface area contributed by atoms with Crippen molar-refractivity contribution < 1.29 is 4.74 Å². The Hall–Kier alpha value is -5.58. The van der Waals surface area contributed by atoms with Gasteiger partial charge in [-0.25, -0.2) is 9.97 Å². The largest absolute Gasteiger partial charge is 0.457 e. The zero-order chi connectivity index (χ0) is 29.8. The molecule has 0 fully saturated rings. The molecule has 0 atom stereocenters. The van der Waals surface area contributed by atoms with Gasteiger partial charge in [0, 0.05) is 32.3 Å². The minimum atomic E-state index is -0.561. The van der Waals surface area contributed by atoms with E-state index < -0.39 is 5.41 Å². The average Bonchev–Trinajstić information content (AvgIpc) is 3.50. The lowest BCUT2D eigenvalue weighted by Crippen LogP contribution is -2.34. The van der Waals surface area contributed by atoms with E-state index in [-0.39, 0.29) is 0 Å². The van der Waals surface area contributed by atoms with Crippen LogP contribution in [0.1, 0.15) is 22.3 Å². The summed E-state index contributed by atoms with van der Waals surface area (Å²) in [5, 5.41) is 1.15. The molecule has 0 radical (unpaired) electrons. The molecule has 1 aliphatic heterocycles. The third kappa shape index (κ3) is 3.96. The lowest BCUT2D eigenvalue weighted by molar-refractivity contribution is 0.434. The fourth-order valence-corrected chi connectivity index (χ4v) is 8.01. The maximum atomic E-state index is 6.74. The first kappa shape index (κ1) is 25.9. The first-order valence-electron chi connectivity index (χ1n) is 15.1. The Labute approximate surface area is 265 Å². The van der Waals surface area contributed by atoms with Gasteiger partial charge < -0.3 is 4.74 Å². The van der Waals surface area contributed by atoms with Crippen LogP contribution >= 0.6 is 11.3 Å². The van der Waals surface area contributed by atoms with Crippen molar-refractivity contribution in [3.8, 4) is 34.1 Å². The maximum absolute atomic E-state index is 6.74. The molecule has 0 unspecified atom stereocenters. The van der Waals surface area contributed by atoms with Crippen LogP contribution in [-0.4, -0.2) is 9.97 Å². The van der Waals surface area contributed by atoms with Crippen LogP contribution in [0.5, 0.6) is 11.5 Å². The molecule has 6 aromatic carbocycles. The molecular weight excluding hydrogens is 569 g/mol. The molecule has 2 aromatic heterocycles. The Morgan fingerprint density at radius 2 is 1.13 bits per heavy atom. The van der Waals surface area contributed by atoms with Gasteiger partial charge in [0.2, 0.25) is 0 Å². The van der Waals surface area contributed by atoms with E-state index >= 15 is 0 Å². The smallest absolute Gasteiger partial charge is 0.160 e. The van der Waals surface area contributed by atoms with E-state index in [2.05, 4.69) is 146 Å². The highest BCUT2D eigenvalue weighted by molar-refractivity contribution is 7.26. The molecule has 9 rings (SSSR count). The summed E-state index contributed by atoms with van der Waals surface area (Å²) in [4.78, 5) is 10.4. The second kappa shape index (κ2) is 10.3. The van der Waals surface area contributed by atoms with Gasteiger partial charge in [0.05, 0.1) is 21.3 Å². The second-order valence-corrected chi connectivity index (χ2v) is 12.4. The number of benzene rings is 6. The third-order valence-corrected chi connectivity index (χ3v) is 10.0. The van der Waals surface area contributed by atoms with Gasteiger partial charge >= 0.3 is 0 Å². The number of para-hydroxylation sites is 1. The SMILES string of the molecule is c1ccc(-c2nc(-c3ccc4c(c3)Oc3ccccc3C4(c3ccccc3)c3ccccc3)nc3c2sc2ccccc23)cc1. The summed E-state index contributed by atoms with van der Waals surface area (Å²) in [5.74, 6) is 2.33. The topological polar surface area (TPSA) is 35.0 Å². The highest BCUT2D eigenvalue weighted by Crippen LogP contribution is 2.55.